The molecule has 4 aromatic carbocycles. The fraction of sp³-hybridized carbons (Fsp3) is 0.0714. The molecule has 0 fully saturated rings. The Bertz CT molecular complexity index is 1040. The van der Waals surface area contributed by atoms with Gasteiger partial charge in [0, 0.05) is 12.6 Å². The molecule has 0 aliphatic rings. The second kappa shape index (κ2) is 9.23. The third-order valence-corrected chi connectivity index (χ3v) is 5.49. The van der Waals surface area contributed by atoms with Gasteiger partial charge in [0.15, 0.2) is 5.84 Å². The summed E-state index contributed by atoms with van der Waals surface area (Å²) in [5.74, 6) is 0.579. The van der Waals surface area contributed by atoms with Gasteiger partial charge in [-0.25, -0.2) is 4.99 Å². The molecule has 4 aromatic rings. The monoisotopic (exact) mass is 403 g/mol. The highest BCUT2D eigenvalue weighted by molar-refractivity contribution is 6.01. The van der Waals surface area contributed by atoms with Gasteiger partial charge < -0.3 is 0 Å². The van der Waals surface area contributed by atoms with E-state index in [1.807, 2.05) is 60.6 Å². The molecule has 4 rings (SSSR count). The number of hydrazone groups is 1. The molecule has 0 aliphatic heterocycles. The first-order chi connectivity index (χ1) is 15.3. The first kappa shape index (κ1) is 20.3. The molecule has 0 atom stereocenters. The number of hydrogen-bond acceptors (Lipinski definition) is 2. The van der Waals surface area contributed by atoms with E-state index in [-0.39, 0.29) is 0 Å². The lowest BCUT2D eigenvalue weighted by Crippen LogP contribution is -2.43. The summed E-state index contributed by atoms with van der Waals surface area (Å²) in [4.78, 5) is 4.25. The van der Waals surface area contributed by atoms with Gasteiger partial charge in [-0.15, -0.1) is 0 Å². The molecule has 3 nitrogen and oxygen atoms in total. The van der Waals surface area contributed by atoms with Crippen molar-refractivity contribution in [2.75, 3.05) is 7.05 Å². The molecule has 0 saturated heterocycles. The molecule has 0 N–H and O–H groups in total. The fourth-order valence-electron chi connectivity index (χ4n) is 4.08. The molecule has 0 amide bonds. The van der Waals surface area contributed by atoms with Crippen LogP contribution in [0.4, 0.5) is 0 Å². The van der Waals surface area contributed by atoms with Crippen molar-refractivity contribution in [3.05, 3.63) is 144 Å². The van der Waals surface area contributed by atoms with Crippen molar-refractivity contribution in [3.8, 4) is 0 Å². The predicted octanol–water partition coefficient (Wildman–Crippen LogP) is 5.97. The number of rotatable bonds is 6. The van der Waals surface area contributed by atoms with Crippen LogP contribution in [0.3, 0.4) is 0 Å². The maximum absolute atomic E-state index is 4.99. The van der Waals surface area contributed by atoms with E-state index >= 15 is 0 Å². The summed E-state index contributed by atoms with van der Waals surface area (Å²) < 4.78 is 0. The van der Waals surface area contributed by atoms with Crippen molar-refractivity contribution in [3.63, 3.8) is 0 Å². The van der Waals surface area contributed by atoms with Gasteiger partial charge in [-0.3, -0.25) is 5.01 Å². The lowest BCUT2D eigenvalue weighted by Gasteiger charge is -2.42. The zero-order valence-corrected chi connectivity index (χ0v) is 17.6. The Morgan fingerprint density at radius 2 is 0.968 bits per heavy atom. The Balaban J connectivity index is 2.00. The fourth-order valence-corrected chi connectivity index (χ4v) is 4.08. The first-order valence-corrected chi connectivity index (χ1v) is 10.3. The van der Waals surface area contributed by atoms with E-state index in [0.29, 0.717) is 5.84 Å². The molecular formula is C28H25N3. The molecule has 0 aromatic heterocycles. The third kappa shape index (κ3) is 3.90. The molecule has 0 unspecified atom stereocenters. The Hall–Kier alpha value is -3.98. The average Bonchev–Trinajstić information content (AvgIpc) is 2.85. The first-order valence-electron chi connectivity index (χ1n) is 10.3. The maximum atomic E-state index is 4.99. The summed E-state index contributed by atoms with van der Waals surface area (Å²) in [5.41, 5.74) is 3.64. The number of hydrogen-bond donors (Lipinski definition) is 0. The predicted molar refractivity (Wildman–Crippen MR) is 129 cm³/mol. The molecule has 0 heterocycles. The van der Waals surface area contributed by atoms with Crippen LogP contribution in [-0.4, -0.2) is 24.6 Å². The van der Waals surface area contributed by atoms with Gasteiger partial charge in [0.05, 0.1) is 0 Å². The van der Waals surface area contributed by atoms with Crippen LogP contribution < -0.4 is 0 Å². The van der Waals surface area contributed by atoms with Gasteiger partial charge in [0.1, 0.15) is 5.54 Å². The normalized spacial score (nSPS) is 11.7. The van der Waals surface area contributed by atoms with Crippen molar-refractivity contribution in [1.82, 2.24) is 5.01 Å². The Morgan fingerprint density at radius 3 is 1.32 bits per heavy atom. The van der Waals surface area contributed by atoms with E-state index in [0.717, 1.165) is 22.3 Å². The Kier molecular flexibility index (Phi) is 6.04. The summed E-state index contributed by atoms with van der Waals surface area (Å²) in [6, 6.07) is 41.3. The van der Waals surface area contributed by atoms with Gasteiger partial charge >= 0.3 is 0 Å². The molecular weight excluding hydrogens is 378 g/mol. The van der Waals surface area contributed by atoms with Crippen molar-refractivity contribution >= 4 is 12.6 Å². The standard InChI is InChI=1S/C28H25N3/c1-29-27(23-15-7-3-8-16-23)30-31(2)28(24-17-9-4-10-18-24,25-19-11-5-12-20-25)26-21-13-6-14-22-26/h3-22H,1H2,2H3/b30-27-. The Morgan fingerprint density at radius 1 is 0.613 bits per heavy atom. The molecule has 0 bridgehead atoms. The average molecular weight is 404 g/mol. The van der Waals surface area contributed by atoms with E-state index in [4.69, 9.17) is 5.10 Å². The summed E-state index contributed by atoms with van der Waals surface area (Å²) in [7, 11) is 2.00. The SMILES string of the molecule is C=N/C(=N\N(C)C(c1ccccc1)(c1ccccc1)c1ccccc1)c1ccccc1. The maximum Gasteiger partial charge on any atom is 0.178 e. The van der Waals surface area contributed by atoms with Gasteiger partial charge in [-0.05, 0) is 23.4 Å². The summed E-state index contributed by atoms with van der Waals surface area (Å²) in [6.07, 6.45) is 0. The number of nitrogens with zero attached hydrogens (tertiary/aromatic N) is 3. The van der Waals surface area contributed by atoms with Crippen LogP contribution in [0, 0.1) is 0 Å². The van der Waals surface area contributed by atoms with Crippen LogP contribution in [0.25, 0.3) is 0 Å². The summed E-state index contributed by atoms with van der Waals surface area (Å²) in [6.45, 7) is 3.78. The molecule has 3 heteroatoms. The van der Waals surface area contributed by atoms with Crippen LogP contribution in [0.1, 0.15) is 22.3 Å². The van der Waals surface area contributed by atoms with E-state index in [1.165, 1.54) is 0 Å². The number of benzene rings is 4. The smallest absolute Gasteiger partial charge is 0.178 e. The van der Waals surface area contributed by atoms with Crippen LogP contribution in [0.2, 0.25) is 0 Å². The van der Waals surface area contributed by atoms with Crippen molar-refractivity contribution < 1.29 is 0 Å². The minimum Gasteiger partial charge on any atom is -0.278 e. The molecule has 0 saturated carbocycles. The van der Waals surface area contributed by atoms with E-state index < -0.39 is 5.54 Å². The molecule has 0 aliphatic carbocycles. The highest BCUT2D eigenvalue weighted by Crippen LogP contribution is 2.41. The lowest BCUT2D eigenvalue weighted by atomic mass is 9.76. The third-order valence-electron chi connectivity index (χ3n) is 5.49. The zero-order valence-electron chi connectivity index (χ0n) is 17.6. The lowest BCUT2D eigenvalue weighted by molar-refractivity contribution is 0.208. The van der Waals surface area contributed by atoms with Gasteiger partial charge in [0.25, 0.3) is 0 Å². The van der Waals surface area contributed by atoms with Crippen molar-refractivity contribution in [1.29, 1.82) is 0 Å². The van der Waals surface area contributed by atoms with Crippen LogP contribution in [0.5, 0.6) is 0 Å². The number of aliphatic imine (C=N–C) groups is 1. The zero-order chi connectivity index (χ0) is 21.5. The van der Waals surface area contributed by atoms with Gasteiger partial charge in [-0.2, -0.15) is 5.10 Å². The molecule has 0 radical (unpaired) electrons. The minimum atomic E-state index is -0.644. The molecule has 0 spiro atoms. The van der Waals surface area contributed by atoms with Crippen molar-refractivity contribution in [2.24, 2.45) is 10.1 Å². The second-order valence-corrected chi connectivity index (χ2v) is 7.28. The Labute approximate surface area is 184 Å². The van der Waals surface area contributed by atoms with E-state index in [9.17, 15) is 0 Å². The van der Waals surface area contributed by atoms with Crippen molar-refractivity contribution in [2.45, 2.75) is 5.54 Å². The minimum absolute atomic E-state index is 0.579. The van der Waals surface area contributed by atoms with Crippen LogP contribution >= 0.6 is 0 Å². The summed E-state index contributed by atoms with van der Waals surface area (Å²) >= 11 is 0. The number of amidine groups is 1. The quantitative estimate of drug-likeness (QED) is 0.169. The van der Waals surface area contributed by atoms with Crippen LogP contribution in [-0.2, 0) is 5.54 Å². The highest BCUT2D eigenvalue weighted by atomic mass is 15.5. The van der Waals surface area contributed by atoms with E-state index in [2.05, 4.69) is 84.5 Å². The highest BCUT2D eigenvalue weighted by Gasteiger charge is 2.40. The van der Waals surface area contributed by atoms with Gasteiger partial charge in [-0.1, -0.05) is 121 Å². The summed E-state index contributed by atoms with van der Waals surface area (Å²) in [5, 5.41) is 6.99. The second-order valence-electron chi connectivity index (χ2n) is 7.28. The van der Waals surface area contributed by atoms with Crippen LogP contribution in [0.15, 0.2) is 131 Å². The van der Waals surface area contributed by atoms with E-state index in [1.54, 1.807) is 0 Å². The molecule has 31 heavy (non-hydrogen) atoms. The topological polar surface area (TPSA) is 28.0 Å². The van der Waals surface area contributed by atoms with Gasteiger partial charge in [0.2, 0.25) is 0 Å². The largest absolute Gasteiger partial charge is 0.278 e. The molecule has 152 valence electrons.